The third-order valence-electron chi connectivity index (χ3n) is 5.80. The largest absolute Gasteiger partial charge is 0.385 e. The van der Waals surface area contributed by atoms with E-state index in [1.807, 2.05) is 42.5 Å². The van der Waals surface area contributed by atoms with Gasteiger partial charge in [0.1, 0.15) is 5.84 Å². The molecule has 168 valence electrons. The summed E-state index contributed by atoms with van der Waals surface area (Å²) in [6.07, 6.45) is 7.44. The van der Waals surface area contributed by atoms with Crippen LogP contribution in [0.3, 0.4) is 0 Å². The van der Waals surface area contributed by atoms with E-state index in [0.29, 0.717) is 23.3 Å². The Bertz CT molecular complexity index is 899. The van der Waals surface area contributed by atoms with Crippen molar-refractivity contribution < 1.29 is 0 Å². The van der Waals surface area contributed by atoms with Crippen molar-refractivity contribution in [2.45, 2.75) is 32.7 Å². The molecule has 5 heteroatoms. The second-order valence-electron chi connectivity index (χ2n) is 8.70. The van der Waals surface area contributed by atoms with Crippen molar-refractivity contribution in [1.82, 2.24) is 10.2 Å². The van der Waals surface area contributed by atoms with Crippen LogP contribution in [0.5, 0.6) is 0 Å². The highest BCUT2D eigenvalue weighted by molar-refractivity contribution is 5.95. The smallest absolute Gasteiger partial charge is 0.120 e. The molecule has 0 radical (unpaired) electrons. The van der Waals surface area contributed by atoms with Gasteiger partial charge < -0.3 is 21.4 Å². The molecule has 0 spiro atoms. The molecule has 5 N–H and O–H groups in total. The quantitative estimate of drug-likeness (QED) is 0.348. The predicted molar refractivity (Wildman–Crippen MR) is 134 cm³/mol. The molecular formula is C27H35N5. The van der Waals surface area contributed by atoms with Gasteiger partial charge in [0.05, 0.1) is 11.9 Å². The SMILES string of the molecule is CC(C)/C=C\C(=N)N1CCC(C(=N)/C=C(/N)NC(c2ccccc2)c2ccccc2)CC1. The number of amidine groups is 1. The number of nitrogens with two attached hydrogens (primary N) is 1. The van der Waals surface area contributed by atoms with Gasteiger partial charge in [-0.05, 0) is 42.0 Å². The van der Waals surface area contributed by atoms with Gasteiger partial charge >= 0.3 is 0 Å². The van der Waals surface area contributed by atoms with Gasteiger partial charge in [0.15, 0.2) is 0 Å². The Morgan fingerprint density at radius 3 is 2.00 bits per heavy atom. The van der Waals surface area contributed by atoms with E-state index in [1.165, 1.54) is 0 Å². The maximum absolute atomic E-state index is 8.59. The number of nitrogens with zero attached hydrogens (tertiary/aromatic N) is 1. The lowest BCUT2D eigenvalue weighted by Crippen LogP contribution is -2.39. The monoisotopic (exact) mass is 429 g/mol. The molecule has 32 heavy (non-hydrogen) atoms. The predicted octanol–water partition coefficient (Wildman–Crippen LogP) is 5.09. The van der Waals surface area contributed by atoms with Crippen molar-refractivity contribution in [3.63, 3.8) is 0 Å². The topological polar surface area (TPSA) is 89.0 Å². The van der Waals surface area contributed by atoms with E-state index in [0.717, 1.165) is 37.1 Å². The van der Waals surface area contributed by atoms with E-state index in [1.54, 1.807) is 6.08 Å². The zero-order valence-electron chi connectivity index (χ0n) is 19.1. The van der Waals surface area contributed by atoms with Crippen LogP contribution in [0.2, 0.25) is 0 Å². The average Bonchev–Trinajstić information content (AvgIpc) is 2.82. The highest BCUT2D eigenvalue weighted by atomic mass is 15.2. The fourth-order valence-electron chi connectivity index (χ4n) is 3.96. The Morgan fingerprint density at radius 2 is 1.50 bits per heavy atom. The van der Waals surface area contributed by atoms with Gasteiger partial charge in [-0.25, -0.2) is 0 Å². The van der Waals surface area contributed by atoms with Crippen molar-refractivity contribution in [1.29, 1.82) is 10.8 Å². The molecule has 1 heterocycles. The van der Waals surface area contributed by atoms with E-state index in [4.69, 9.17) is 16.6 Å². The van der Waals surface area contributed by atoms with Crippen LogP contribution in [0.4, 0.5) is 0 Å². The first-order chi connectivity index (χ1) is 15.4. The summed E-state index contributed by atoms with van der Waals surface area (Å²) >= 11 is 0. The Hall–Kier alpha value is -3.34. The fraction of sp³-hybridized carbons (Fsp3) is 0.333. The maximum Gasteiger partial charge on any atom is 0.120 e. The molecule has 1 aliphatic rings. The van der Waals surface area contributed by atoms with Gasteiger partial charge in [0.25, 0.3) is 0 Å². The number of likely N-dealkylation sites (tertiary alicyclic amines) is 1. The highest BCUT2D eigenvalue weighted by Crippen LogP contribution is 2.23. The van der Waals surface area contributed by atoms with Crippen LogP contribution in [-0.4, -0.2) is 29.5 Å². The molecule has 0 aliphatic carbocycles. The van der Waals surface area contributed by atoms with E-state index in [2.05, 4.69) is 54.4 Å². The molecule has 1 fully saturated rings. The normalized spacial score (nSPS) is 15.5. The highest BCUT2D eigenvalue weighted by Gasteiger charge is 2.23. The van der Waals surface area contributed by atoms with Crippen LogP contribution < -0.4 is 11.1 Å². The van der Waals surface area contributed by atoms with Crippen LogP contribution in [0.25, 0.3) is 0 Å². The van der Waals surface area contributed by atoms with Crippen LogP contribution in [0.15, 0.2) is 84.7 Å². The number of allylic oxidation sites excluding steroid dienone is 2. The number of hydrogen-bond donors (Lipinski definition) is 4. The van der Waals surface area contributed by atoms with E-state index < -0.39 is 0 Å². The molecule has 0 amide bonds. The minimum Gasteiger partial charge on any atom is -0.385 e. The molecule has 2 aromatic rings. The summed E-state index contributed by atoms with van der Waals surface area (Å²) < 4.78 is 0. The number of rotatable bonds is 8. The second-order valence-corrected chi connectivity index (χ2v) is 8.70. The van der Waals surface area contributed by atoms with Crippen molar-refractivity contribution in [3.05, 3.63) is 95.8 Å². The van der Waals surface area contributed by atoms with Crippen molar-refractivity contribution >= 4 is 11.5 Å². The Morgan fingerprint density at radius 1 is 0.969 bits per heavy atom. The van der Waals surface area contributed by atoms with Crippen LogP contribution in [0.1, 0.15) is 43.9 Å². The minimum absolute atomic E-state index is 0.0727. The van der Waals surface area contributed by atoms with Gasteiger partial charge in [0, 0.05) is 24.7 Å². The summed E-state index contributed by atoms with van der Waals surface area (Å²) in [5.41, 5.74) is 9.17. The van der Waals surface area contributed by atoms with E-state index >= 15 is 0 Å². The van der Waals surface area contributed by atoms with E-state index in [-0.39, 0.29) is 12.0 Å². The first kappa shape index (κ1) is 23.3. The fourth-order valence-corrected chi connectivity index (χ4v) is 3.96. The molecule has 2 aromatic carbocycles. The summed E-state index contributed by atoms with van der Waals surface area (Å²) in [5.74, 6) is 1.68. The Kier molecular flexibility index (Phi) is 8.26. The van der Waals surface area contributed by atoms with Crippen LogP contribution in [-0.2, 0) is 0 Å². The van der Waals surface area contributed by atoms with Crippen LogP contribution >= 0.6 is 0 Å². The van der Waals surface area contributed by atoms with Crippen molar-refractivity contribution in [2.75, 3.05) is 13.1 Å². The molecule has 1 saturated heterocycles. The zero-order valence-corrected chi connectivity index (χ0v) is 19.1. The molecule has 1 aliphatic heterocycles. The molecule has 0 aromatic heterocycles. The first-order valence-electron chi connectivity index (χ1n) is 11.4. The molecule has 3 rings (SSSR count). The number of nitrogens with one attached hydrogen (secondary N) is 3. The zero-order chi connectivity index (χ0) is 22.9. The van der Waals surface area contributed by atoms with Crippen molar-refractivity contribution in [2.24, 2.45) is 17.6 Å². The second kappa shape index (κ2) is 11.3. The summed E-state index contributed by atoms with van der Waals surface area (Å²) in [5, 5.41) is 20.3. The van der Waals surface area contributed by atoms with Gasteiger partial charge in [-0.2, -0.15) is 0 Å². The molecule has 0 atom stereocenters. The Balaban J connectivity index is 1.62. The standard InChI is InChI=1S/C27H35N5/c1-20(2)13-14-26(30)32-17-15-21(16-18-32)24(28)19-25(29)31-27(22-9-5-3-6-10-22)23-11-7-4-8-12-23/h3-14,19-21,27-28,30-31H,15-18,29H2,1-2H3/b14-13-,25-19-,28-24?,30-26?. The van der Waals surface area contributed by atoms with Gasteiger partial charge in [-0.1, -0.05) is 80.6 Å². The molecule has 0 unspecified atom stereocenters. The Labute approximate surface area is 192 Å². The summed E-state index contributed by atoms with van der Waals surface area (Å²) in [4.78, 5) is 2.09. The third-order valence-corrected chi connectivity index (χ3v) is 5.80. The average molecular weight is 430 g/mol. The lowest BCUT2D eigenvalue weighted by Gasteiger charge is -2.32. The molecule has 5 nitrogen and oxygen atoms in total. The third kappa shape index (κ3) is 6.58. The maximum atomic E-state index is 8.59. The van der Waals surface area contributed by atoms with Gasteiger partial charge in [-0.3, -0.25) is 5.41 Å². The lowest BCUT2D eigenvalue weighted by atomic mass is 9.91. The number of hydrogen-bond acceptors (Lipinski definition) is 4. The first-order valence-corrected chi connectivity index (χ1v) is 11.4. The molecule has 0 saturated carbocycles. The van der Waals surface area contributed by atoms with Gasteiger partial charge in [0.2, 0.25) is 0 Å². The number of piperidine rings is 1. The minimum atomic E-state index is -0.0727. The lowest BCUT2D eigenvalue weighted by molar-refractivity contribution is 0.309. The molecule has 0 bridgehead atoms. The summed E-state index contributed by atoms with van der Waals surface area (Å²) in [6.45, 7) is 5.82. The molecular weight excluding hydrogens is 394 g/mol. The van der Waals surface area contributed by atoms with Crippen molar-refractivity contribution in [3.8, 4) is 0 Å². The van der Waals surface area contributed by atoms with Gasteiger partial charge in [-0.15, -0.1) is 0 Å². The van der Waals surface area contributed by atoms with Crippen LogP contribution in [0, 0.1) is 22.7 Å². The summed E-state index contributed by atoms with van der Waals surface area (Å²) in [7, 11) is 0. The van der Waals surface area contributed by atoms with E-state index in [9.17, 15) is 0 Å². The number of benzene rings is 2. The summed E-state index contributed by atoms with van der Waals surface area (Å²) in [6, 6.07) is 20.4.